The van der Waals surface area contributed by atoms with Crippen LogP contribution in [0.4, 0.5) is 0 Å². The van der Waals surface area contributed by atoms with Crippen LogP contribution in [0.2, 0.25) is 0 Å². The fourth-order valence-electron chi connectivity index (χ4n) is 2.50. The summed E-state index contributed by atoms with van der Waals surface area (Å²) in [6.45, 7) is 4.59. The van der Waals surface area contributed by atoms with Gasteiger partial charge in [-0.3, -0.25) is 4.79 Å². The Bertz CT molecular complexity index is 729. The molecule has 0 saturated heterocycles. The minimum Gasteiger partial charge on any atom is -0.491 e. The van der Waals surface area contributed by atoms with E-state index < -0.39 is 0 Å². The Kier molecular flexibility index (Phi) is 12.4. The third-order valence-corrected chi connectivity index (χ3v) is 5.03. The molecule has 0 bridgehead atoms. The third kappa shape index (κ3) is 9.89. The number of carbonyl (C=O) groups is 1. The van der Waals surface area contributed by atoms with Gasteiger partial charge in [0.2, 0.25) is 11.8 Å². The molecule has 2 rings (SSSR count). The van der Waals surface area contributed by atoms with Crippen LogP contribution in [-0.4, -0.2) is 55.7 Å². The largest absolute Gasteiger partial charge is 0.491 e. The number of carbonyl (C=O) groups excluding carboxylic acids is 1. The number of nitrogens with one attached hydrogen (secondary N) is 1. The average molecular weight is 456 g/mol. The van der Waals surface area contributed by atoms with Crippen LogP contribution in [0.15, 0.2) is 33.9 Å². The van der Waals surface area contributed by atoms with Crippen molar-refractivity contribution in [2.24, 2.45) is 0 Å². The number of nitrogens with zero attached hydrogens (tertiary/aromatic N) is 2. The third-order valence-electron chi connectivity index (χ3n) is 4.06. The monoisotopic (exact) mass is 455 g/mol. The highest BCUT2D eigenvalue weighted by molar-refractivity contribution is 8.43. The van der Waals surface area contributed by atoms with Crippen LogP contribution in [0.25, 0.3) is 11.5 Å². The standard InChI is InChI=1S/C20H30N3O5PS/c1-2-3-4-5-10-21-18(24)15-26-12-11-25-13-14-27-17-8-6-16(7-9-17)19-22-23-20(28-19)30-29/h6-9H,2-5,10-15,29H2,1H3,(H,21,24). The molecule has 0 aliphatic rings. The highest BCUT2D eigenvalue weighted by Crippen LogP contribution is 2.27. The average Bonchev–Trinajstić information content (AvgIpc) is 3.25. The lowest BCUT2D eigenvalue weighted by atomic mass is 10.2. The van der Waals surface area contributed by atoms with Gasteiger partial charge in [-0.15, -0.1) is 10.2 Å². The summed E-state index contributed by atoms with van der Waals surface area (Å²) in [5, 5.41) is 11.2. The van der Waals surface area contributed by atoms with E-state index in [4.69, 9.17) is 18.6 Å². The molecular weight excluding hydrogens is 425 g/mol. The number of benzene rings is 1. The van der Waals surface area contributed by atoms with Crippen LogP contribution in [0.1, 0.15) is 32.6 Å². The summed E-state index contributed by atoms with van der Waals surface area (Å²) in [7, 11) is 2.47. The number of aromatic nitrogens is 2. The maximum absolute atomic E-state index is 11.6. The molecule has 0 fully saturated rings. The van der Waals surface area contributed by atoms with E-state index in [-0.39, 0.29) is 12.5 Å². The van der Waals surface area contributed by atoms with Crippen molar-refractivity contribution in [3.8, 4) is 17.2 Å². The van der Waals surface area contributed by atoms with Crippen LogP contribution in [0.3, 0.4) is 0 Å². The summed E-state index contributed by atoms with van der Waals surface area (Å²) in [5.41, 5.74) is 0.832. The van der Waals surface area contributed by atoms with E-state index >= 15 is 0 Å². The Hall–Kier alpha value is -1.67. The SMILES string of the molecule is CCCCCCNC(=O)COCCOCCOc1ccc(-c2nnc(SP)o2)cc1. The zero-order chi connectivity index (χ0) is 21.4. The molecule has 1 heterocycles. The van der Waals surface area contributed by atoms with Gasteiger partial charge in [0.15, 0.2) is 0 Å². The van der Waals surface area contributed by atoms with E-state index in [9.17, 15) is 4.79 Å². The molecule has 166 valence electrons. The van der Waals surface area contributed by atoms with Crippen molar-refractivity contribution in [1.29, 1.82) is 0 Å². The van der Waals surface area contributed by atoms with Crippen LogP contribution in [0, 0.1) is 0 Å². The number of amides is 1. The van der Waals surface area contributed by atoms with Crippen LogP contribution in [-0.2, 0) is 14.3 Å². The van der Waals surface area contributed by atoms with Gasteiger partial charge >= 0.3 is 0 Å². The highest BCUT2D eigenvalue weighted by atomic mass is 32.7. The normalized spacial score (nSPS) is 10.9. The molecule has 8 nitrogen and oxygen atoms in total. The first kappa shape index (κ1) is 24.6. The molecule has 30 heavy (non-hydrogen) atoms. The molecule has 10 heteroatoms. The highest BCUT2D eigenvalue weighted by Gasteiger charge is 2.07. The first-order chi connectivity index (χ1) is 14.7. The van der Waals surface area contributed by atoms with Crippen molar-refractivity contribution in [2.45, 2.75) is 37.8 Å². The lowest BCUT2D eigenvalue weighted by Crippen LogP contribution is -2.29. The van der Waals surface area contributed by atoms with E-state index in [1.165, 1.54) is 24.2 Å². The van der Waals surface area contributed by atoms with Crippen molar-refractivity contribution in [3.05, 3.63) is 24.3 Å². The number of hydrogen-bond acceptors (Lipinski definition) is 8. The molecule has 0 spiro atoms. The maximum Gasteiger partial charge on any atom is 0.280 e. The number of hydrogen-bond donors (Lipinski definition) is 1. The Balaban J connectivity index is 1.47. The molecule has 1 unspecified atom stereocenters. The molecule has 1 atom stereocenters. The second kappa shape index (κ2) is 15.2. The van der Waals surface area contributed by atoms with E-state index in [2.05, 4.69) is 30.9 Å². The summed E-state index contributed by atoms with van der Waals surface area (Å²) in [5.74, 6) is 1.12. The number of rotatable bonds is 16. The van der Waals surface area contributed by atoms with E-state index in [0.29, 0.717) is 44.1 Å². The molecule has 1 N–H and O–H groups in total. The molecule has 0 aliphatic carbocycles. The van der Waals surface area contributed by atoms with E-state index in [1.54, 1.807) is 0 Å². The lowest BCUT2D eigenvalue weighted by Gasteiger charge is -2.08. The van der Waals surface area contributed by atoms with Gasteiger partial charge in [0.1, 0.15) is 19.0 Å². The van der Waals surface area contributed by atoms with Crippen LogP contribution >= 0.6 is 19.8 Å². The molecule has 1 aromatic carbocycles. The predicted octanol–water partition coefficient (Wildman–Crippen LogP) is 3.73. The summed E-state index contributed by atoms with van der Waals surface area (Å²) < 4.78 is 21.9. The minimum absolute atomic E-state index is 0.0668. The molecule has 1 aromatic heterocycles. The molecule has 0 aliphatic heterocycles. The van der Waals surface area contributed by atoms with Gasteiger partial charge < -0.3 is 23.9 Å². The molecule has 1 amide bonds. The van der Waals surface area contributed by atoms with Gasteiger partial charge in [-0.2, -0.15) is 0 Å². The Morgan fingerprint density at radius 1 is 1.07 bits per heavy atom. The maximum atomic E-state index is 11.6. The molecule has 0 saturated carbocycles. The fourth-order valence-corrected chi connectivity index (χ4v) is 3.00. The van der Waals surface area contributed by atoms with E-state index in [1.807, 2.05) is 24.3 Å². The smallest absolute Gasteiger partial charge is 0.280 e. The predicted molar refractivity (Wildman–Crippen MR) is 120 cm³/mol. The van der Waals surface area contributed by atoms with Gasteiger partial charge in [0.25, 0.3) is 5.22 Å². The second-order valence-corrected chi connectivity index (χ2v) is 7.73. The Labute approximate surface area is 183 Å². The van der Waals surface area contributed by atoms with Crippen LogP contribution < -0.4 is 10.1 Å². The van der Waals surface area contributed by atoms with Gasteiger partial charge in [-0.05, 0) is 42.1 Å². The second-order valence-electron chi connectivity index (χ2n) is 6.44. The zero-order valence-electron chi connectivity index (χ0n) is 17.3. The summed E-state index contributed by atoms with van der Waals surface area (Å²) >= 11 is 1.32. The van der Waals surface area contributed by atoms with Gasteiger partial charge in [-0.25, -0.2) is 0 Å². The topological polar surface area (TPSA) is 95.7 Å². The zero-order valence-corrected chi connectivity index (χ0v) is 19.3. The Morgan fingerprint density at radius 2 is 1.83 bits per heavy atom. The summed E-state index contributed by atoms with van der Waals surface area (Å²) in [4.78, 5) is 11.6. The van der Waals surface area contributed by atoms with Crippen molar-refractivity contribution in [2.75, 3.05) is 39.6 Å². The van der Waals surface area contributed by atoms with Gasteiger partial charge in [-0.1, -0.05) is 34.6 Å². The number of unbranched alkanes of at least 4 members (excludes halogenated alkanes) is 3. The van der Waals surface area contributed by atoms with Gasteiger partial charge in [0.05, 0.1) is 19.8 Å². The first-order valence-electron chi connectivity index (χ1n) is 10.1. The van der Waals surface area contributed by atoms with E-state index in [0.717, 1.165) is 24.2 Å². The first-order valence-corrected chi connectivity index (χ1v) is 12.4. The molecule has 0 radical (unpaired) electrons. The quantitative estimate of drug-likeness (QED) is 0.302. The number of ether oxygens (including phenoxy) is 3. The summed E-state index contributed by atoms with van der Waals surface area (Å²) in [6, 6.07) is 7.42. The summed E-state index contributed by atoms with van der Waals surface area (Å²) in [6.07, 6.45) is 4.56. The van der Waals surface area contributed by atoms with Crippen molar-refractivity contribution >= 4 is 25.7 Å². The van der Waals surface area contributed by atoms with Crippen LogP contribution in [0.5, 0.6) is 5.75 Å². The molecule has 2 aromatic rings. The van der Waals surface area contributed by atoms with Crippen molar-refractivity contribution in [3.63, 3.8) is 0 Å². The van der Waals surface area contributed by atoms with Crippen molar-refractivity contribution in [1.82, 2.24) is 15.5 Å². The lowest BCUT2D eigenvalue weighted by molar-refractivity contribution is -0.126. The minimum atomic E-state index is -0.0811. The molecular formula is C20H30N3O5PS. The Morgan fingerprint density at radius 3 is 2.57 bits per heavy atom. The fraction of sp³-hybridized carbons (Fsp3) is 0.550. The van der Waals surface area contributed by atoms with Crippen molar-refractivity contribution < 1.29 is 23.4 Å². The van der Waals surface area contributed by atoms with Gasteiger partial charge in [0, 0.05) is 12.1 Å².